The highest BCUT2D eigenvalue weighted by molar-refractivity contribution is 6.30. The van der Waals surface area contributed by atoms with Crippen LogP contribution in [0.1, 0.15) is 10.4 Å². The lowest BCUT2D eigenvalue weighted by atomic mass is 10.1. The van der Waals surface area contributed by atoms with E-state index in [-0.39, 0.29) is 5.91 Å². The van der Waals surface area contributed by atoms with E-state index in [9.17, 15) is 4.79 Å². The number of pyridine rings is 1. The van der Waals surface area contributed by atoms with Gasteiger partial charge in [-0.2, -0.15) is 0 Å². The Labute approximate surface area is 117 Å². The van der Waals surface area contributed by atoms with Gasteiger partial charge in [0, 0.05) is 25.5 Å². The second-order valence-electron chi connectivity index (χ2n) is 4.34. The summed E-state index contributed by atoms with van der Waals surface area (Å²) in [6.07, 6.45) is 0. The average molecular weight is 278 g/mol. The van der Waals surface area contributed by atoms with Gasteiger partial charge in [-0.05, 0) is 19.2 Å². The second-order valence-corrected chi connectivity index (χ2v) is 4.73. The molecule has 2 aromatic rings. The number of para-hydroxylation sites is 1. The first-order valence-electron chi connectivity index (χ1n) is 6.09. The molecule has 1 amide bonds. The molecule has 5 heteroatoms. The zero-order valence-electron chi connectivity index (χ0n) is 11.0. The molecule has 1 aromatic heterocycles. The fraction of sp³-hybridized carbons (Fsp3) is 0.286. The van der Waals surface area contributed by atoms with E-state index in [1.54, 1.807) is 18.0 Å². The van der Waals surface area contributed by atoms with Crippen molar-refractivity contribution in [2.75, 3.05) is 27.2 Å². The predicted molar refractivity (Wildman–Crippen MR) is 77.6 cm³/mol. The van der Waals surface area contributed by atoms with Crippen LogP contribution in [0.15, 0.2) is 30.3 Å². The minimum Gasteiger partial charge on any atom is -0.340 e. The molecule has 0 unspecified atom stereocenters. The van der Waals surface area contributed by atoms with Gasteiger partial charge in [0.25, 0.3) is 5.91 Å². The Morgan fingerprint density at radius 1 is 1.42 bits per heavy atom. The average Bonchev–Trinajstić information content (AvgIpc) is 2.42. The highest BCUT2D eigenvalue weighted by atomic mass is 35.5. The molecule has 0 aliphatic heterocycles. The number of halogens is 1. The van der Waals surface area contributed by atoms with Gasteiger partial charge in [0.15, 0.2) is 0 Å². The van der Waals surface area contributed by atoms with Crippen molar-refractivity contribution in [1.29, 1.82) is 0 Å². The number of hydrogen-bond acceptors (Lipinski definition) is 3. The number of nitrogens with zero attached hydrogens (tertiary/aromatic N) is 2. The molecule has 4 nitrogen and oxygen atoms in total. The molecular weight excluding hydrogens is 262 g/mol. The molecule has 1 heterocycles. The van der Waals surface area contributed by atoms with Gasteiger partial charge in [-0.3, -0.25) is 4.79 Å². The van der Waals surface area contributed by atoms with E-state index >= 15 is 0 Å². The first-order valence-corrected chi connectivity index (χ1v) is 6.46. The molecule has 0 spiro atoms. The van der Waals surface area contributed by atoms with E-state index in [0.29, 0.717) is 17.3 Å². The number of carbonyl (C=O) groups excluding carboxylic acids is 1. The Kier molecular flexibility index (Phi) is 4.35. The summed E-state index contributed by atoms with van der Waals surface area (Å²) in [5.41, 5.74) is 1.33. The molecule has 0 aliphatic rings. The van der Waals surface area contributed by atoms with Crippen LogP contribution in [0.4, 0.5) is 0 Å². The summed E-state index contributed by atoms with van der Waals surface area (Å²) in [7, 11) is 3.64. The summed E-state index contributed by atoms with van der Waals surface area (Å²) in [6, 6.07) is 9.14. The van der Waals surface area contributed by atoms with Crippen LogP contribution in [0.2, 0.25) is 5.15 Å². The Balaban J connectivity index is 2.41. The topological polar surface area (TPSA) is 45.2 Å². The number of likely N-dealkylation sites (N-methyl/N-ethyl adjacent to an activating group) is 2. The summed E-state index contributed by atoms with van der Waals surface area (Å²) in [4.78, 5) is 18.3. The Morgan fingerprint density at radius 3 is 2.89 bits per heavy atom. The third-order valence-corrected chi connectivity index (χ3v) is 3.15. The summed E-state index contributed by atoms with van der Waals surface area (Å²) >= 11 is 5.98. The van der Waals surface area contributed by atoms with Crippen LogP contribution in [0.5, 0.6) is 0 Å². The van der Waals surface area contributed by atoms with Gasteiger partial charge in [-0.1, -0.05) is 29.8 Å². The van der Waals surface area contributed by atoms with Gasteiger partial charge in [0.05, 0.1) is 11.1 Å². The van der Waals surface area contributed by atoms with Crippen LogP contribution < -0.4 is 5.32 Å². The van der Waals surface area contributed by atoms with E-state index in [1.165, 1.54) is 0 Å². The summed E-state index contributed by atoms with van der Waals surface area (Å²) in [5.74, 6) is -0.0456. The van der Waals surface area contributed by atoms with Gasteiger partial charge in [-0.25, -0.2) is 4.98 Å². The minimum absolute atomic E-state index is 0.0456. The van der Waals surface area contributed by atoms with Crippen LogP contribution in [-0.4, -0.2) is 43.0 Å². The number of nitrogens with one attached hydrogen (secondary N) is 1. The molecule has 19 heavy (non-hydrogen) atoms. The van der Waals surface area contributed by atoms with Crippen LogP contribution in [0.3, 0.4) is 0 Å². The summed E-state index contributed by atoms with van der Waals surface area (Å²) < 4.78 is 0. The number of hydrogen-bond donors (Lipinski definition) is 1. The van der Waals surface area contributed by atoms with Gasteiger partial charge >= 0.3 is 0 Å². The molecule has 2 rings (SSSR count). The van der Waals surface area contributed by atoms with E-state index in [1.807, 2.05) is 31.3 Å². The quantitative estimate of drug-likeness (QED) is 0.872. The molecule has 0 saturated carbocycles. The number of aromatic nitrogens is 1. The van der Waals surface area contributed by atoms with Gasteiger partial charge in [0.2, 0.25) is 0 Å². The number of amides is 1. The molecule has 0 radical (unpaired) electrons. The predicted octanol–water partition coefficient (Wildman–Crippen LogP) is 2.18. The summed E-state index contributed by atoms with van der Waals surface area (Å²) in [5, 5.41) is 4.19. The lowest BCUT2D eigenvalue weighted by Gasteiger charge is -2.18. The third kappa shape index (κ3) is 3.03. The van der Waals surface area contributed by atoms with Gasteiger partial charge in [0.1, 0.15) is 5.15 Å². The van der Waals surface area contributed by atoms with Crippen molar-refractivity contribution >= 4 is 28.4 Å². The Hall–Kier alpha value is -1.65. The highest BCUT2D eigenvalue weighted by Gasteiger charge is 2.15. The number of fused-ring (bicyclic) bond motifs is 1. The van der Waals surface area contributed by atoms with Crippen LogP contribution in [0.25, 0.3) is 10.9 Å². The fourth-order valence-electron chi connectivity index (χ4n) is 1.91. The molecule has 1 aromatic carbocycles. The normalized spacial score (nSPS) is 10.7. The van der Waals surface area contributed by atoms with Gasteiger partial charge < -0.3 is 10.2 Å². The third-order valence-electron chi connectivity index (χ3n) is 2.96. The maximum atomic E-state index is 12.4. The Bertz CT molecular complexity index is 600. The maximum Gasteiger partial charge on any atom is 0.254 e. The maximum absolute atomic E-state index is 12.4. The SMILES string of the molecule is CNCCN(C)C(=O)c1cc(Cl)nc2ccccc12. The lowest BCUT2D eigenvalue weighted by Crippen LogP contribution is -2.32. The molecule has 0 fully saturated rings. The highest BCUT2D eigenvalue weighted by Crippen LogP contribution is 2.21. The van der Waals surface area contributed by atoms with Crippen molar-refractivity contribution in [3.63, 3.8) is 0 Å². The Morgan fingerprint density at radius 2 is 2.16 bits per heavy atom. The van der Waals surface area contributed by atoms with E-state index in [4.69, 9.17) is 11.6 Å². The smallest absolute Gasteiger partial charge is 0.254 e. The van der Waals surface area contributed by atoms with Crippen molar-refractivity contribution in [1.82, 2.24) is 15.2 Å². The van der Waals surface area contributed by atoms with Crippen molar-refractivity contribution < 1.29 is 4.79 Å². The van der Waals surface area contributed by atoms with Crippen LogP contribution in [0, 0.1) is 0 Å². The number of rotatable bonds is 4. The molecule has 0 bridgehead atoms. The van der Waals surface area contributed by atoms with E-state index in [0.717, 1.165) is 17.4 Å². The van der Waals surface area contributed by atoms with Crippen molar-refractivity contribution in [3.05, 3.63) is 41.0 Å². The first kappa shape index (κ1) is 13.8. The molecule has 1 N–H and O–H groups in total. The van der Waals surface area contributed by atoms with Crippen molar-refractivity contribution in [2.24, 2.45) is 0 Å². The lowest BCUT2D eigenvalue weighted by molar-refractivity contribution is 0.0798. The number of carbonyl (C=O) groups is 1. The van der Waals surface area contributed by atoms with Crippen molar-refractivity contribution in [2.45, 2.75) is 0 Å². The summed E-state index contributed by atoms with van der Waals surface area (Å²) in [6.45, 7) is 1.39. The fourth-order valence-corrected chi connectivity index (χ4v) is 2.11. The van der Waals surface area contributed by atoms with Crippen LogP contribution >= 0.6 is 11.6 Å². The standard InChI is InChI=1S/C14H16ClN3O/c1-16-7-8-18(2)14(19)11-9-13(15)17-12-6-4-3-5-10(11)12/h3-6,9,16H,7-8H2,1-2H3. The van der Waals surface area contributed by atoms with Crippen molar-refractivity contribution in [3.8, 4) is 0 Å². The monoisotopic (exact) mass is 277 g/mol. The minimum atomic E-state index is -0.0456. The molecule has 0 atom stereocenters. The van der Waals surface area contributed by atoms with Crippen LogP contribution in [-0.2, 0) is 0 Å². The number of benzene rings is 1. The molecule has 0 saturated heterocycles. The van der Waals surface area contributed by atoms with E-state index in [2.05, 4.69) is 10.3 Å². The zero-order chi connectivity index (χ0) is 13.8. The molecular formula is C14H16ClN3O. The van der Waals surface area contributed by atoms with Gasteiger partial charge in [-0.15, -0.1) is 0 Å². The largest absolute Gasteiger partial charge is 0.340 e. The zero-order valence-corrected chi connectivity index (χ0v) is 11.7. The second kappa shape index (κ2) is 5.99. The van der Waals surface area contributed by atoms with E-state index < -0.39 is 0 Å². The first-order chi connectivity index (χ1) is 9.13. The molecule has 0 aliphatic carbocycles. The molecule has 100 valence electrons.